The van der Waals surface area contributed by atoms with Crippen molar-refractivity contribution < 1.29 is 4.79 Å². The van der Waals surface area contributed by atoms with Gasteiger partial charge in [-0.2, -0.15) is 12.6 Å². The van der Waals surface area contributed by atoms with Crippen molar-refractivity contribution in [3.05, 3.63) is 0 Å². The Morgan fingerprint density at radius 2 is 1.94 bits per heavy atom. The SMILES string of the molecule is CC1CCC(NC(=O)C(S)C(C)C)C(C)C1. The zero-order valence-electron chi connectivity index (χ0n) is 10.9. The van der Waals surface area contributed by atoms with Crippen LogP contribution in [0.4, 0.5) is 0 Å². The molecule has 0 aromatic carbocycles. The van der Waals surface area contributed by atoms with E-state index in [0.717, 1.165) is 12.3 Å². The number of hydrogen-bond acceptors (Lipinski definition) is 2. The van der Waals surface area contributed by atoms with E-state index >= 15 is 0 Å². The van der Waals surface area contributed by atoms with E-state index in [2.05, 4.69) is 31.8 Å². The van der Waals surface area contributed by atoms with Crippen LogP contribution in [-0.4, -0.2) is 17.2 Å². The van der Waals surface area contributed by atoms with Gasteiger partial charge in [-0.05, 0) is 37.0 Å². The van der Waals surface area contributed by atoms with Crippen LogP contribution in [0.3, 0.4) is 0 Å². The number of carbonyl (C=O) groups is 1. The van der Waals surface area contributed by atoms with Crippen LogP contribution in [-0.2, 0) is 4.79 Å². The number of amides is 1. The maximum absolute atomic E-state index is 11.9. The highest BCUT2D eigenvalue weighted by molar-refractivity contribution is 7.81. The number of carbonyl (C=O) groups excluding carboxylic acids is 1. The van der Waals surface area contributed by atoms with E-state index in [1.54, 1.807) is 0 Å². The molecule has 0 heterocycles. The van der Waals surface area contributed by atoms with E-state index in [1.165, 1.54) is 12.8 Å². The Morgan fingerprint density at radius 1 is 1.31 bits per heavy atom. The first-order valence-electron chi connectivity index (χ1n) is 6.40. The molecule has 4 atom stereocenters. The summed E-state index contributed by atoms with van der Waals surface area (Å²) in [5.41, 5.74) is 0. The fraction of sp³-hybridized carbons (Fsp3) is 0.923. The second-order valence-corrected chi connectivity index (χ2v) is 6.26. The van der Waals surface area contributed by atoms with E-state index in [1.807, 2.05) is 13.8 Å². The summed E-state index contributed by atoms with van der Waals surface area (Å²) in [4.78, 5) is 11.9. The molecular formula is C13H25NOS. The lowest BCUT2D eigenvalue weighted by molar-refractivity contribution is -0.122. The molecule has 1 saturated carbocycles. The highest BCUT2D eigenvalue weighted by Gasteiger charge is 2.28. The Labute approximate surface area is 105 Å². The van der Waals surface area contributed by atoms with E-state index in [9.17, 15) is 4.79 Å². The Bertz CT molecular complexity index is 242. The van der Waals surface area contributed by atoms with Crippen molar-refractivity contribution in [1.82, 2.24) is 5.32 Å². The van der Waals surface area contributed by atoms with Crippen LogP contribution in [0.15, 0.2) is 0 Å². The van der Waals surface area contributed by atoms with Crippen LogP contribution in [0, 0.1) is 17.8 Å². The second kappa shape index (κ2) is 5.95. The third kappa shape index (κ3) is 3.69. The number of thiol groups is 1. The molecule has 0 aliphatic heterocycles. The van der Waals surface area contributed by atoms with Crippen LogP contribution >= 0.6 is 12.6 Å². The summed E-state index contributed by atoms with van der Waals surface area (Å²) in [7, 11) is 0. The van der Waals surface area contributed by atoms with E-state index < -0.39 is 0 Å². The van der Waals surface area contributed by atoms with Gasteiger partial charge in [-0.1, -0.05) is 27.7 Å². The summed E-state index contributed by atoms with van der Waals surface area (Å²) >= 11 is 4.35. The molecule has 0 saturated heterocycles. The van der Waals surface area contributed by atoms with Gasteiger partial charge in [0.05, 0.1) is 5.25 Å². The van der Waals surface area contributed by atoms with Gasteiger partial charge < -0.3 is 5.32 Å². The zero-order valence-corrected chi connectivity index (χ0v) is 11.8. The summed E-state index contributed by atoms with van der Waals surface area (Å²) < 4.78 is 0. The molecule has 1 fully saturated rings. The monoisotopic (exact) mass is 243 g/mol. The zero-order chi connectivity index (χ0) is 12.3. The van der Waals surface area contributed by atoms with Crippen molar-refractivity contribution in [1.29, 1.82) is 0 Å². The molecule has 1 aliphatic carbocycles. The number of rotatable bonds is 3. The maximum Gasteiger partial charge on any atom is 0.233 e. The van der Waals surface area contributed by atoms with Gasteiger partial charge in [0.1, 0.15) is 0 Å². The summed E-state index contributed by atoms with van der Waals surface area (Å²) in [6.07, 6.45) is 3.57. The topological polar surface area (TPSA) is 29.1 Å². The van der Waals surface area contributed by atoms with Crippen molar-refractivity contribution >= 4 is 18.5 Å². The van der Waals surface area contributed by atoms with Crippen LogP contribution < -0.4 is 5.32 Å². The van der Waals surface area contributed by atoms with Gasteiger partial charge >= 0.3 is 0 Å². The van der Waals surface area contributed by atoms with Crippen molar-refractivity contribution in [3.8, 4) is 0 Å². The van der Waals surface area contributed by atoms with E-state index in [4.69, 9.17) is 0 Å². The van der Waals surface area contributed by atoms with Gasteiger partial charge in [-0.15, -0.1) is 0 Å². The Morgan fingerprint density at radius 3 is 2.44 bits per heavy atom. The molecular weight excluding hydrogens is 218 g/mol. The van der Waals surface area contributed by atoms with E-state index in [0.29, 0.717) is 17.9 Å². The first-order valence-corrected chi connectivity index (χ1v) is 6.92. The molecule has 4 unspecified atom stereocenters. The molecule has 0 aromatic rings. The molecule has 3 heteroatoms. The highest BCUT2D eigenvalue weighted by Crippen LogP contribution is 2.28. The average molecular weight is 243 g/mol. The van der Waals surface area contributed by atoms with Gasteiger partial charge in [0, 0.05) is 6.04 Å². The molecule has 0 spiro atoms. The van der Waals surface area contributed by atoms with Crippen LogP contribution in [0.25, 0.3) is 0 Å². The molecule has 2 nitrogen and oxygen atoms in total. The first kappa shape index (κ1) is 13.9. The molecule has 16 heavy (non-hydrogen) atoms. The van der Waals surface area contributed by atoms with Gasteiger partial charge in [-0.25, -0.2) is 0 Å². The smallest absolute Gasteiger partial charge is 0.233 e. The lowest BCUT2D eigenvalue weighted by atomic mass is 9.80. The molecule has 0 radical (unpaired) electrons. The van der Waals surface area contributed by atoms with Crippen molar-refractivity contribution in [2.24, 2.45) is 17.8 Å². The minimum absolute atomic E-state index is 0.102. The van der Waals surface area contributed by atoms with Crippen molar-refractivity contribution in [2.75, 3.05) is 0 Å². The van der Waals surface area contributed by atoms with E-state index in [-0.39, 0.29) is 11.2 Å². The summed E-state index contributed by atoms with van der Waals surface area (Å²) in [5.74, 6) is 1.80. The fourth-order valence-electron chi connectivity index (χ4n) is 2.45. The largest absolute Gasteiger partial charge is 0.352 e. The molecule has 1 amide bonds. The normalized spacial score (nSPS) is 32.5. The standard InChI is InChI=1S/C13H25NOS/c1-8(2)12(16)13(15)14-11-6-5-9(3)7-10(11)4/h8-12,16H,5-7H2,1-4H3,(H,14,15). The lowest BCUT2D eigenvalue weighted by Crippen LogP contribution is -2.46. The lowest BCUT2D eigenvalue weighted by Gasteiger charge is -2.34. The van der Waals surface area contributed by atoms with Crippen LogP contribution in [0.1, 0.15) is 47.0 Å². The van der Waals surface area contributed by atoms with Gasteiger partial charge in [0.15, 0.2) is 0 Å². The molecule has 1 aliphatic rings. The Hall–Kier alpha value is -0.180. The number of hydrogen-bond donors (Lipinski definition) is 2. The molecule has 0 aromatic heterocycles. The van der Waals surface area contributed by atoms with Gasteiger partial charge in [0.2, 0.25) is 5.91 Å². The van der Waals surface area contributed by atoms with Crippen molar-refractivity contribution in [2.45, 2.75) is 58.2 Å². The minimum Gasteiger partial charge on any atom is -0.352 e. The Balaban J connectivity index is 2.45. The predicted molar refractivity (Wildman–Crippen MR) is 71.7 cm³/mol. The van der Waals surface area contributed by atoms with Crippen LogP contribution in [0.2, 0.25) is 0 Å². The predicted octanol–water partition coefficient (Wildman–Crippen LogP) is 2.88. The summed E-state index contributed by atoms with van der Waals surface area (Å²) in [5, 5.41) is 2.98. The molecule has 0 bridgehead atoms. The molecule has 1 N–H and O–H groups in total. The maximum atomic E-state index is 11.9. The Kier molecular flexibility index (Phi) is 5.16. The minimum atomic E-state index is -0.174. The quantitative estimate of drug-likeness (QED) is 0.733. The summed E-state index contributed by atoms with van der Waals surface area (Å²) in [6.45, 7) is 8.60. The van der Waals surface area contributed by atoms with Crippen LogP contribution in [0.5, 0.6) is 0 Å². The molecule has 94 valence electrons. The first-order chi connectivity index (χ1) is 7.41. The molecule has 1 rings (SSSR count). The number of nitrogens with one attached hydrogen (secondary N) is 1. The second-order valence-electron chi connectivity index (χ2n) is 5.70. The average Bonchev–Trinajstić information content (AvgIpc) is 2.20. The van der Waals surface area contributed by atoms with Gasteiger partial charge in [-0.3, -0.25) is 4.79 Å². The third-order valence-electron chi connectivity index (χ3n) is 3.66. The summed E-state index contributed by atoms with van der Waals surface area (Å²) in [6, 6.07) is 0.358. The van der Waals surface area contributed by atoms with Crippen molar-refractivity contribution in [3.63, 3.8) is 0 Å². The van der Waals surface area contributed by atoms with Gasteiger partial charge in [0.25, 0.3) is 0 Å². The highest BCUT2D eigenvalue weighted by atomic mass is 32.1. The third-order valence-corrected chi connectivity index (χ3v) is 4.49. The fourth-order valence-corrected chi connectivity index (χ4v) is 2.53.